The first-order valence-corrected chi connectivity index (χ1v) is 7.56. The van der Waals surface area contributed by atoms with Crippen LogP contribution < -0.4 is 0 Å². The lowest BCUT2D eigenvalue weighted by Crippen LogP contribution is -2.23. The molecule has 1 aliphatic heterocycles. The van der Waals surface area contributed by atoms with E-state index in [1.165, 1.54) is 17.5 Å². The van der Waals surface area contributed by atoms with E-state index >= 15 is 0 Å². The molecule has 0 N–H and O–H groups in total. The van der Waals surface area contributed by atoms with Crippen molar-refractivity contribution in [2.24, 2.45) is 0 Å². The average Bonchev–Trinajstić information content (AvgIpc) is 3.06. The molecule has 0 saturated carbocycles. The minimum Gasteiger partial charge on any atom is -0.268 e. The molecule has 4 rings (SSSR count). The molecular weight excluding hydrogens is 296 g/mol. The number of hydrogen-bond donors (Lipinski definition) is 0. The Balaban J connectivity index is 1.66. The van der Waals surface area contributed by atoms with Crippen LogP contribution in [0.3, 0.4) is 0 Å². The van der Waals surface area contributed by atoms with Crippen molar-refractivity contribution in [1.29, 1.82) is 0 Å². The van der Waals surface area contributed by atoms with E-state index < -0.39 is 0 Å². The maximum atomic E-state index is 12.2. The Morgan fingerprint density at radius 2 is 1.55 bits per heavy atom. The molecular formula is C17H10N2O2S. The molecule has 0 fully saturated rings. The monoisotopic (exact) mass is 306 g/mol. The number of amides is 2. The van der Waals surface area contributed by atoms with Gasteiger partial charge in [-0.1, -0.05) is 24.3 Å². The van der Waals surface area contributed by atoms with Crippen LogP contribution in [0.15, 0.2) is 54.7 Å². The lowest BCUT2D eigenvalue weighted by molar-refractivity contribution is 0.0722. The molecule has 5 heteroatoms. The summed E-state index contributed by atoms with van der Waals surface area (Å²) in [6.45, 7) is 0. The van der Waals surface area contributed by atoms with Crippen molar-refractivity contribution in [2.45, 2.75) is 0 Å². The predicted molar refractivity (Wildman–Crippen MR) is 85.6 cm³/mol. The highest BCUT2D eigenvalue weighted by Crippen LogP contribution is 2.25. The van der Waals surface area contributed by atoms with E-state index in [1.54, 1.807) is 30.3 Å². The third kappa shape index (κ3) is 1.95. The zero-order valence-corrected chi connectivity index (χ0v) is 12.2. The van der Waals surface area contributed by atoms with E-state index in [0.29, 0.717) is 11.1 Å². The van der Waals surface area contributed by atoms with Crippen molar-refractivity contribution >= 4 is 39.4 Å². The maximum absolute atomic E-state index is 12.2. The molecule has 106 valence electrons. The number of benzene rings is 2. The average molecular weight is 306 g/mol. The summed E-state index contributed by atoms with van der Waals surface area (Å²) in [5, 5.41) is 0.762. The number of carbonyl (C=O) groups excluding carboxylic acids is 2. The molecule has 0 bridgehead atoms. The summed E-state index contributed by atoms with van der Waals surface area (Å²) in [4.78, 5) is 30.1. The molecule has 2 aromatic carbocycles. The zero-order valence-electron chi connectivity index (χ0n) is 11.4. The first kappa shape index (κ1) is 12.9. The summed E-state index contributed by atoms with van der Waals surface area (Å²) >= 11 is 1.52. The number of para-hydroxylation sites is 1. The van der Waals surface area contributed by atoms with Crippen LogP contribution in [-0.4, -0.2) is 21.7 Å². The minimum atomic E-state index is -0.294. The fraction of sp³-hybridized carbons (Fsp3) is 0. The summed E-state index contributed by atoms with van der Waals surface area (Å²) in [6, 6.07) is 14.7. The number of fused-ring (bicyclic) bond motifs is 2. The molecule has 2 heterocycles. The van der Waals surface area contributed by atoms with E-state index in [4.69, 9.17) is 0 Å². The molecule has 1 aromatic heterocycles. The molecule has 22 heavy (non-hydrogen) atoms. The van der Waals surface area contributed by atoms with Crippen LogP contribution in [0.5, 0.6) is 0 Å². The Morgan fingerprint density at radius 3 is 2.23 bits per heavy atom. The molecule has 0 aliphatic carbocycles. The van der Waals surface area contributed by atoms with Crippen molar-refractivity contribution < 1.29 is 9.59 Å². The molecule has 0 unspecified atom stereocenters. The molecule has 4 nitrogen and oxygen atoms in total. The van der Waals surface area contributed by atoms with Crippen molar-refractivity contribution in [3.63, 3.8) is 0 Å². The fourth-order valence-electron chi connectivity index (χ4n) is 2.44. The Hall–Kier alpha value is -2.79. The number of imide groups is 1. The van der Waals surface area contributed by atoms with Crippen LogP contribution in [0.4, 0.5) is 0 Å². The van der Waals surface area contributed by atoms with Gasteiger partial charge in [0.15, 0.2) is 0 Å². The summed E-state index contributed by atoms with van der Waals surface area (Å²) in [6.07, 6.45) is 3.20. The van der Waals surface area contributed by atoms with Crippen LogP contribution in [0.1, 0.15) is 25.7 Å². The standard InChI is InChI=1S/C17H10N2O2S/c20-16-11-5-1-2-6-12(11)17(21)19(16)10-9-15-18-13-7-3-4-8-14(13)22-15/h1-10H/b10-9+. The second kappa shape index (κ2) is 4.89. The molecule has 0 saturated heterocycles. The highest BCUT2D eigenvalue weighted by Gasteiger charge is 2.33. The van der Waals surface area contributed by atoms with E-state index in [1.807, 2.05) is 24.3 Å². The van der Waals surface area contributed by atoms with Crippen LogP contribution in [-0.2, 0) is 0 Å². The van der Waals surface area contributed by atoms with Crippen LogP contribution in [0.2, 0.25) is 0 Å². The Bertz CT molecular complexity index is 874. The topological polar surface area (TPSA) is 50.3 Å². The second-order valence-electron chi connectivity index (χ2n) is 4.86. The smallest absolute Gasteiger partial charge is 0.265 e. The van der Waals surface area contributed by atoms with E-state index in [9.17, 15) is 9.59 Å². The van der Waals surface area contributed by atoms with E-state index in [-0.39, 0.29) is 11.8 Å². The van der Waals surface area contributed by atoms with E-state index in [2.05, 4.69) is 4.98 Å². The molecule has 0 atom stereocenters. The van der Waals surface area contributed by atoms with Crippen LogP contribution in [0.25, 0.3) is 16.3 Å². The third-order valence-electron chi connectivity index (χ3n) is 3.50. The summed E-state index contributed by atoms with van der Waals surface area (Å²) in [5.74, 6) is -0.587. The van der Waals surface area contributed by atoms with Gasteiger partial charge in [-0.3, -0.25) is 9.59 Å². The number of thiazole rings is 1. The molecule has 0 spiro atoms. The lowest BCUT2D eigenvalue weighted by atomic mass is 10.1. The molecule has 2 amide bonds. The van der Waals surface area contributed by atoms with Gasteiger partial charge < -0.3 is 0 Å². The van der Waals surface area contributed by atoms with Crippen LogP contribution in [0, 0.1) is 0 Å². The van der Waals surface area contributed by atoms with Gasteiger partial charge in [-0.05, 0) is 30.3 Å². The second-order valence-corrected chi connectivity index (χ2v) is 5.92. The Kier molecular flexibility index (Phi) is 2.87. The van der Waals surface area contributed by atoms with Crippen LogP contribution >= 0.6 is 11.3 Å². The normalized spacial score (nSPS) is 14.3. The number of hydrogen-bond acceptors (Lipinski definition) is 4. The van der Waals surface area contributed by atoms with Crippen molar-refractivity contribution in [3.8, 4) is 0 Å². The zero-order chi connectivity index (χ0) is 15.1. The molecule has 0 radical (unpaired) electrons. The van der Waals surface area contributed by atoms with E-state index in [0.717, 1.165) is 20.1 Å². The fourth-order valence-corrected chi connectivity index (χ4v) is 3.31. The number of aromatic nitrogens is 1. The largest absolute Gasteiger partial charge is 0.268 e. The Labute approximate surface area is 130 Å². The first-order chi connectivity index (χ1) is 10.7. The van der Waals surface area contributed by atoms with Crippen molar-refractivity contribution in [3.05, 3.63) is 70.9 Å². The third-order valence-corrected chi connectivity index (χ3v) is 4.50. The van der Waals surface area contributed by atoms with Gasteiger partial charge in [0.25, 0.3) is 11.8 Å². The van der Waals surface area contributed by atoms with Gasteiger partial charge in [0.1, 0.15) is 5.01 Å². The highest BCUT2D eigenvalue weighted by atomic mass is 32.1. The molecule has 3 aromatic rings. The lowest BCUT2D eigenvalue weighted by Gasteiger charge is -2.05. The number of rotatable bonds is 2. The summed E-state index contributed by atoms with van der Waals surface area (Å²) in [5.41, 5.74) is 1.80. The highest BCUT2D eigenvalue weighted by molar-refractivity contribution is 7.19. The van der Waals surface area contributed by atoms with Gasteiger partial charge in [-0.25, -0.2) is 9.88 Å². The summed E-state index contributed by atoms with van der Waals surface area (Å²) < 4.78 is 1.07. The van der Waals surface area contributed by atoms with Gasteiger partial charge >= 0.3 is 0 Å². The quantitative estimate of drug-likeness (QED) is 0.680. The Morgan fingerprint density at radius 1 is 0.909 bits per heavy atom. The van der Waals surface area contributed by atoms with Gasteiger partial charge in [0.05, 0.1) is 21.3 Å². The molecule has 1 aliphatic rings. The summed E-state index contributed by atoms with van der Waals surface area (Å²) in [7, 11) is 0. The predicted octanol–water partition coefficient (Wildman–Crippen LogP) is 3.56. The maximum Gasteiger partial charge on any atom is 0.265 e. The van der Waals surface area contributed by atoms with Gasteiger partial charge in [-0.15, -0.1) is 11.3 Å². The van der Waals surface area contributed by atoms with Gasteiger partial charge in [0.2, 0.25) is 0 Å². The number of nitrogens with zero attached hydrogens (tertiary/aromatic N) is 2. The van der Waals surface area contributed by atoms with Gasteiger partial charge in [0, 0.05) is 6.20 Å². The first-order valence-electron chi connectivity index (χ1n) is 6.75. The van der Waals surface area contributed by atoms with Crippen molar-refractivity contribution in [1.82, 2.24) is 9.88 Å². The van der Waals surface area contributed by atoms with Gasteiger partial charge in [-0.2, -0.15) is 0 Å². The van der Waals surface area contributed by atoms with Crippen molar-refractivity contribution in [2.75, 3.05) is 0 Å². The number of carbonyl (C=O) groups is 2. The SMILES string of the molecule is O=C1c2ccccc2C(=O)N1/C=C/c1nc2ccccc2s1. The minimum absolute atomic E-state index is 0.294.